The second-order valence-corrected chi connectivity index (χ2v) is 10.2. The highest BCUT2D eigenvalue weighted by Gasteiger charge is 2.18. The van der Waals surface area contributed by atoms with E-state index in [0.29, 0.717) is 17.4 Å². The fourth-order valence-electron chi connectivity index (χ4n) is 4.45. The highest BCUT2D eigenvalue weighted by atomic mass is 35.5. The Morgan fingerprint density at radius 1 is 0.906 bits per heavy atom. The third-order valence-electron chi connectivity index (χ3n) is 6.19. The molecule has 0 unspecified atom stereocenters. The molecule has 32 heavy (non-hydrogen) atoms. The van der Waals surface area contributed by atoms with Crippen LogP contribution in [0.1, 0.15) is 43.2 Å². The van der Waals surface area contributed by atoms with Crippen molar-refractivity contribution in [3.8, 4) is 0 Å². The molecule has 0 radical (unpaired) electrons. The van der Waals surface area contributed by atoms with Crippen molar-refractivity contribution in [2.75, 3.05) is 30.3 Å². The molecule has 2 aromatic rings. The van der Waals surface area contributed by atoms with Gasteiger partial charge in [0.25, 0.3) is 0 Å². The van der Waals surface area contributed by atoms with Crippen molar-refractivity contribution in [2.45, 2.75) is 49.8 Å². The topological polar surface area (TPSA) is 51.7 Å². The number of para-hydroxylation sites is 1. The molecule has 1 aliphatic carbocycles. The van der Waals surface area contributed by atoms with Crippen LogP contribution in [0.3, 0.4) is 0 Å². The summed E-state index contributed by atoms with van der Waals surface area (Å²) in [5, 5.41) is 10.9. The van der Waals surface area contributed by atoms with E-state index in [9.17, 15) is 0 Å². The van der Waals surface area contributed by atoms with Gasteiger partial charge in [-0.2, -0.15) is 4.99 Å². The van der Waals surface area contributed by atoms with Gasteiger partial charge in [-0.1, -0.05) is 36.2 Å². The summed E-state index contributed by atoms with van der Waals surface area (Å²) in [5.74, 6) is 1.41. The van der Waals surface area contributed by atoms with Gasteiger partial charge in [0.05, 0.1) is 17.3 Å². The summed E-state index contributed by atoms with van der Waals surface area (Å²) in [5.41, 5.74) is 5.06. The van der Waals surface area contributed by atoms with Crippen molar-refractivity contribution in [3.05, 3.63) is 64.4 Å². The first-order valence-corrected chi connectivity index (χ1v) is 12.8. The summed E-state index contributed by atoms with van der Waals surface area (Å²) in [7, 11) is 0. The van der Waals surface area contributed by atoms with Crippen molar-refractivity contribution in [1.82, 2.24) is 9.62 Å². The van der Waals surface area contributed by atoms with Crippen LogP contribution in [0.5, 0.6) is 0 Å². The predicted molar refractivity (Wildman–Crippen MR) is 136 cm³/mol. The normalized spacial score (nSPS) is 19.1. The zero-order valence-corrected chi connectivity index (χ0v) is 19.9. The van der Waals surface area contributed by atoms with Crippen LogP contribution in [-0.2, 0) is 12.8 Å². The first-order valence-electron chi connectivity index (χ1n) is 11.6. The lowest BCUT2D eigenvalue weighted by atomic mass is 10.0. The van der Waals surface area contributed by atoms with Crippen molar-refractivity contribution < 1.29 is 0 Å². The van der Waals surface area contributed by atoms with Crippen LogP contribution in [0.25, 0.3) is 0 Å². The van der Waals surface area contributed by atoms with Gasteiger partial charge in [0.1, 0.15) is 0 Å². The van der Waals surface area contributed by atoms with Gasteiger partial charge in [-0.15, -0.1) is 0 Å². The average molecular weight is 468 g/mol. The number of anilines is 2. The molecule has 0 bridgehead atoms. The van der Waals surface area contributed by atoms with Crippen molar-refractivity contribution in [3.63, 3.8) is 0 Å². The standard InChI is InChI=1S/C25H30ClN5S/c26-21-17-27-25(28-20-13-12-18-8-2-1-3-9-19(18)16-20)30-24(21)29-22-10-4-5-11-23(22)32-31-14-6-7-15-31/h4-5,10-13,16,29H,1-3,6-9,14-15,17H2,(H2,27,28,30). The van der Waals surface area contributed by atoms with Gasteiger partial charge in [0.15, 0.2) is 5.82 Å². The second kappa shape index (κ2) is 10.2. The number of halogens is 1. The molecular formula is C25H30ClN5S. The molecule has 0 spiro atoms. The Bertz CT molecular complexity index is 1030. The van der Waals surface area contributed by atoms with E-state index >= 15 is 0 Å². The van der Waals surface area contributed by atoms with Gasteiger partial charge in [0, 0.05) is 23.7 Å². The van der Waals surface area contributed by atoms with Gasteiger partial charge in [0.2, 0.25) is 5.96 Å². The lowest BCUT2D eigenvalue weighted by Crippen LogP contribution is -2.35. The van der Waals surface area contributed by atoms with Crippen LogP contribution in [-0.4, -0.2) is 29.9 Å². The molecule has 0 atom stereocenters. The number of rotatable bonds is 5. The molecule has 7 heteroatoms. The van der Waals surface area contributed by atoms with Crippen molar-refractivity contribution in [1.29, 1.82) is 0 Å². The summed E-state index contributed by atoms with van der Waals surface area (Å²) >= 11 is 8.35. The fourth-order valence-corrected chi connectivity index (χ4v) is 5.68. The molecule has 5 rings (SSSR count). The van der Waals surface area contributed by atoms with E-state index in [1.807, 2.05) is 18.0 Å². The van der Waals surface area contributed by atoms with E-state index in [1.54, 1.807) is 0 Å². The van der Waals surface area contributed by atoms with Crippen LogP contribution in [0.15, 0.2) is 63.2 Å². The minimum absolute atomic E-state index is 0.544. The van der Waals surface area contributed by atoms with E-state index in [4.69, 9.17) is 16.6 Å². The number of aryl methyl sites for hydroxylation is 2. The Hall–Kier alpha value is -2.15. The number of guanidine groups is 1. The number of fused-ring (bicyclic) bond motifs is 1. The fraction of sp³-hybridized carbons (Fsp3) is 0.400. The molecule has 0 saturated carbocycles. The predicted octanol–water partition coefficient (Wildman–Crippen LogP) is 5.95. The number of nitrogens with zero attached hydrogens (tertiary/aromatic N) is 2. The van der Waals surface area contributed by atoms with E-state index in [-0.39, 0.29) is 0 Å². The van der Waals surface area contributed by atoms with Gasteiger partial charge in [-0.3, -0.25) is 0 Å². The molecule has 3 aliphatic rings. The van der Waals surface area contributed by atoms with E-state index in [0.717, 1.165) is 36.8 Å². The van der Waals surface area contributed by atoms with E-state index in [1.165, 1.54) is 54.5 Å². The van der Waals surface area contributed by atoms with Crippen molar-refractivity contribution >= 4 is 40.9 Å². The SMILES string of the molecule is ClC1=C(Nc2ccccc2SN2CCCC2)N=C(Nc2ccc3c(c2)CCCCC3)NC1. The molecule has 168 valence electrons. The molecule has 2 aromatic carbocycles. The maximum absolute atomic E-state index is 6.54. The maximum Gasteiger partial charge on any atom is 0.202 e. The summed E-state index contributed by atoms with van der Waals surface area (Å²) in [6.45, 7) is 2.82. The molecule has 1 saturated heterocycles. The molecule has 5 nitrogen and oxygen atoms in total. The number of nitrogens with one attached hydrogen (secondary N) is 3. The lowest BCUT2D eigenvalue weighted by Gasteiger charge is -2.22. The largest absolute Gasteiger partial charge is 0.351 e. The Balaban J connectivity index is 1.31. The first-order chi connectivity index (χ1) is 15.7. The zero-order valence-electron chi connectivity index (χ0n) is 18.3. The van der Waals surface area contributed by atoms with E-state index < -0.39 is 0 Å². The molecule has 1 fully saturated rings. The highest BCUT2D eigenvalue weighted by Crippen LogP contribution is 2.33. The van der Waals surface area contributed by atoms with Crippen LogP contribution in [0.4, 0.5) is 11.4 Å². The van der Waals surface area contributed by atoms with Gasteiger partial charge >= 0.3 is 0 Å². The molecule has 3 N–H and O–H groups in total. The van der Waals surface area contributed by atoms with Crippen LogP contribution >= 0.6 is 23.5 Å². The number of hydrogen-bond acceptors (Lipinski definition) is 6. The minimum atomic E-state index is 0.544. The Morgan fingerprint density at radius 2 is 1.72 bits per heavy atom. The molecule has 0 amide bonds. The van der Waals surface area contributed by atoms with Crippen LogP contribution in [0, 0.1) is 0 Å². The van der Waals surface area contributed by atoms with E-state index in [2.05, 4.69) is 56.7 Å². The number of hydrogen-bond donors (Lipinski definition) is 3. The van der Waals surface area contributed by atoms with Gasteiger partial charge < -0.3 is 16.0 Å². The molecular weight excluding hydrogens is 438 g/mol. The first kappa shape index (κ1) is 21.7. The zero-order chi connectivity index (χ0) is 21.8. The van der Waals surface area contributed by atoms with Gasteiger partial charge in [-0.05, 0) is 85.9 Å². The van der Waals surface area contributed by atoms with Gasteiger partial charge in [-0.25, -0.2) is 4.31 Å². The minimum Gasteiger partial charge on any atom is -0.351 e. The summed E-state index contributed by atoms with van der Waals surface area (Å²) in [6, 6.07) is 15.1. The number of benzene rings is 2. The third kappa shape index (κ3) is 5.25. The number of aliphatic imine (C=N–C) groups is 1. The highest BCUT2D eigenvalue weighted by molar-refractivity contribution is 7.97. The van der Waals surface area contributed by atoms with Crippen LogP contribution < -0.4 is 16.0 Å². The molecule has 2 aliphatic heterocycles. The average Bonchev–Trinajstić information content (AvgIpc) is 3.20. The quantitative estimate of drug-likeness (QED) is 0.374. The summed E-state index contributed by atoms with van der Waals surface area (Å²) in [6.07, 6.45) is 8.79. The monoisotopic (exact) mass is 467 g/mol. The van der Waals surface area contributed by atoms with Crippen LogP contribution in [0.2, 0.25) is 0 Å². The maximum atomic E-state index is 6.54. The molecule has 0 aromatic heterocycles. The molecule has 2 heterocycles. The van der Waals surface area contributed by atoms with Crippen molar-refractivity contribution in [2.24, 2.45) is 4.99 Å². The second-order valence-electron chi connectivity index (χ2n) is 8.59. The Labute approximate surface area is 199 Å². The summed E-state index contributed by atoms with van der Waals surface area (Å²) in [4.78, 5) is 5.96. The Morgan fingerprint density at radius 3 is 2.59 bits per heavy atom. The Kier molecular flexibility index (Phi) is 6.91. The smallest absolute Gasteiger partial charge is 0.202 e. The lowest BCUT2D eigenvalue weighted by molar-refractivity contribution is 0.586. The summed E-state index contributed by atoms with van der Waals surface area (Å²) < 4.78 is 2.42. The third-order valence-corrected chi connectivity index (χ3v) is 7.67.